The molecule has 6 heteroatoms. The molecule has 1 N–H and O–H groups in total. The molecule has 0 saturated carbocycles. The Morgan fingerprint density at radius 2 is 1.88 bits per heavy atom. The predicted octanol–water partition coefficient (Wildman–Crippen LogP) is 4.07. The second-order valence-electron chi connectivity index (χ2n) is 6.01. The molecule has 0 bridgehead atoms. The van der Waals surface area contributed by atoms with Gasteiger partial charge in [-0.3, -0.25) is 9.59 Å². The number of carbonyl (C=O) groups is 2. The van der Waals surface area contributed by atoms with Crippen LogP contribution in [0.2, 0.25) is 5.02 Å². The van der Waals surface area contributed by atoms with E-state index in [0.717, 1.165) is 0 Å². The minimum atomic E-state index is -0.850. The summed E-state index contributed by atoms with van der Waals surface area (Å²) in [5.74, 6) is -0.353. The fourth-order valence-corrected chi connectivity index (χ4v) is 3.00. The maximum atomic E-state index is 12.7. The summed E-state index contributed by atoms with van der Waals surface area (Å²) in [6.07, 6.45) is 1.31. The zero-order valence-electron chi connectivity index (χ0n) is 13.5. The van der Waals surface area contributed by atoms with E-state index >= 15 is 0 Å². The van der Waals surface area contributed by atoms with Crippen molar-refractivity contribution in [2.45, 2.75) is 12.8 Å². The maximum Gasteiger partial charge on any atom is 0.308 e. The number of carboxylic acids is 1. The molecule has 1 heterocycles. The van der Waals surface area contributed by atoms with E-state index in [1.807, 2.05) is 0 Å². The number of likely N-dealkylation sites (tertiary alicyclic amines) is 1. The van der Waals surface area contributed by atoms with Crippen molar-refractivity contribution in [3.8, 4) is 11.5 Å². The monoisotopic (exact) mass is 359 g/mol. The van der Waals surface area contributed by atoms with Gasteiger partial charge in [-0.05, 0) is 55.3 Å². The second-order valence-corrected chi connectivity index (χ2v) is 6.45. The van der Waals surface area contributed by atoms with Crippen LogP contribution in [0, 0.1) is 5.92 Å². The molecule has 130 valence electrons. The second kappa shape index (κ2) is 7.57. The van der Waals surface area contributed by atoms with Crippen LogP contribution in [0.15, 0.2) is 48.5 Å². The minimum Gasteiger partial charge on any atom is -0.481 e. The van der Waals surface area contributed by atoms with Crippen LogP contribution in [-0.4, -0.2) is 35.0 Å². The molecule has 1 atom stereocenters. The highest BCUT2D eigenvalue weighted by Gasteiger charge is 2.28. The van der Waals surface area contributed by atoms with E-state index in [2.05, 4.69) is 0 Å². The number of hydrogen-bond acceptors (Lipinski definition) is 3. The van der Waals surface area contributed by atoms with E-state index in [0.29, 0.717) is 41.5 Å². The standard InChI is InChI=1S/C19H18ClNO4/c20-15-6-8-16(9-7-15)25-17-5-1-3-13(11-17)18(22)21-10-2-4-14(12-21)19(23)24/h1,3,5-9,11,14H,2,4,10,12H2,(H,23,24). The molecule has 0 spiro atoms. The highest BCUT2D eigenvalue weighted by atomic mass is 35.5. The van der Waals surface area contributed by atoms with Gasteiger partial charge in [0.1, 0.15) is 11.5 Å². The highest BCUT2D eigenvalue weighted by molar-refractivity contribution is 6.30. The summed E-state index contributed by atoms with van der Waals surface area (Å²) in [5.41, 5.74) is 0.484. The predicted molar refractivity (Wildman–Crippen MR) is 94.2 cm³/mol. The van der Waals surface area contributed by atoms with Crippen LogP contribution in [0.25, 0.3) is 0 Å². The summed E-state index contributed by atoms with van der Waals surface area (Å²) in [5, 5.41) is 9.79. The summed E-state index contributed by atoms with van der Waals surface area (Å²) in [7, 11) is 0. The van der Waals surface area contributed by atoms with Crippen molar-refractivity contribution < 1.29 is 19.4 Å². The first kappa shape index (κ1) is 17.3. The Bertz CT molecular complexity index is 775. The average molecular weight is 360 g/mol. The van der Waals surface area contributed by atoms with Crippen LogP contribution in [0.5, 0.6) is 11.5 Å². The van der Waals surface area contributed by atoms with E-state index in [1.165, 1.54) is 0 Å². The van der Waals surface area contributed by atoms with Crippen molar-refractivity contribution in [2.75, 3.05) is 13.1 Å². The number of ether oxygens (including phenoxy) is 1. The van der Waals surface area contributed by atoms with Gasteiger partial charge in [0, 0.05) is 23.7 Å². The first-order valence-electron chi connectivity index (χ1n) is 8.08. The minimum absolute atomic E-state index is 0.174. The zero-order valence-corrected chi connectivity index (χ0v) is 14.3. The average Bonchev–Trinajstić information content (AvgIpc) is 2.63. The quantitative estimate of drug-likeness (QED) is 0.893. The van der Waals surface area contributed by atoms with Crippen molar-refractivity contribution in [2.24, 2.45) is 5.92 Å². The first-order valence-corrected chi connectivity index (χ1v) is 8.46. The molecule has 1 unspecified atom stereocenters. The Kier molecular flexibility index (Phi) is 5.24. The number of hydrogen-bond donors (Lipinski definition) is 1. The lowest BCUT2D eigenvalue weighted by molar-refractivity contribution is -0.143. The molecule has 0 aliphatic carbocycles. The molecule has 2 aromatic rings. The molecule has 1 amide bonds. The van der Waals surface area contributed by atoms with Crippen LogP contribution in [0.1, 0.15) is 23.2 Å². The largest absolute Gasteiger partial charge is 0.481 e. The third kappa shape index (κ3) is 4.31. The topological polar surface area (TPSA) is 66.8 Å². The van der Waals surface area contributed by atoms with Crippen molar-refractivity contribution in [1.29, 1.82) is 0 Å². The molecule has 1 saturated heterocycles. The summed E-state index contributed by atoms with van der Waals surface area (Å²) < 4.78 is 5.75. The van der Waals surface area contributed by atoms with Gasteiger partial charge in [0.25, 0.3) is 5.91 Å². The molecule has 1 fully saturated rings. The number of amides is 1. The molecule has 0 aromatic heterocycles. The van der Waals surface area contributed by atoms with E-state index in [4.69, 9.17) is 21.4 Å². The van der Waals surface area contributed by atoms with Gasteiger partial charge in [-0.25, -0.2) is 0 Å². The first-order chi connectivity index (χ1) is 12.0. The van der Waals surface area contributed by atoms with E-state index in [1.54, 1.807) is 53.4 Å². The normalized spacial score (nSPS) is 17.2. The van der Waals surface area contributed by atoms with Gasteiger partial charge in [-0.15, -0.1) is 0 Å². The molecule has 1 aliphatic heterocycles. The lowest BCUT2D eigenvalue weighted by atomic mass is 9.97. The smallest absolute Gasteiger partial charge is 0.308 e. The van der Waals surface area contributed by atoms with E-state index in [9.17, 15) is 9.59 Å². The number of aliphatic carboxylic acids is 1. The van der Waals surface area contributed by atoms with Crippen LogP contribution < -0.4 is 4.74 Å². The van der Waals surface area contributed by atoms with Crippen molar-refractivity contribution >= 4 is 23.5 Å². The molecule has 0 radical (unpaired) electrons. The molecular weight excluding hydrogens is 342 g/mol. The van der Waals surface area contributed by atoms with Crippen LogP contribution in [0.3, 0.4) is 0 Å². The maximum absolute atomic E-state index is 12.7. The molecule has 3 rings (SSSR count). The summed E-state index contributed by atoms with van der Waals surface area (Å²) in [6.45, 7) is 0.821. The summed E-state index contributed by atoms with van der Waals surface area (Å²) in [4.78, 5) is 25.5. The third-order valence-electron chi connectivity index (χ3n) is 4.19. The Morgan fingerprint density at radius 1 is 1.12 bits per heavy atom. The van der Waals surface area contributed by atoms with Crippen LogP contribution in [-0.2, 0) is 4.79 Å². The highest BCUT2D eigenvalue weighted by Crippen LogP contribution is 2.25. The van der Waals surface area contributed by atoms with Crippen molar-refractivity contribution in [1.82, 2.24) is 4.90 Å². The van der Waals surface area contributed by atoms with E-state index < -0.39 is 11.9 Å². The molecule has 25 heavy (non-hydrogen) atoms. The third-order valence-corrected chi connectivity index (χ3v) is 4.44. The zero-order chi connectivity index (χ0) is 17.8. The SMILES string of the molecule is O=C(O)C1CCCN(C(=O)c2cccc(Oc3ccc(Cl)cc3)c2)C1. The van der Waals surface area contributed by atoms with Crippen LogP contribution >= 0.6 is 11.6 Å². The Hall–Kier alpha value is -2.53. The van der Waals surface area contributed by atoms with E-state index in [-0.39, 0.29) is 12.5 Å². The van der Waals surface area contributed by atoms with Gasteiger partial charge in [0.2, 0.25) is 0 Å². The lowest BCUT2D eigenvalue weighted by Crippen LogP contribution is -2.42. The number of halogens is 1. The van der Waals surface area contributed by atoms with Gasteiger partial charge < -0.3 is 14.7 Å². The Labute approximate surface area is 150 Å². The molecule has 5 nitrogen and oxygen atoms in total. The lowest BCUT2D eigenvalue weighted by Gasteiger charge is -2.30. The number of nitrogens with zero attached hydrogens (tertiary/aromatic N) is 1. The molecule has 1 aliphatic rings. The summed E-state index contributed by atoms with van der Waals surface area (Å²) >= 11 is 5.85. The van der Waals surface area contributed by atoms with Gasteiger partial charge in [-0.1, -0.05) is 17.7 Å². The number of benzene rings is 2. The Balaban J connectivity index is 1.73. The van der Waals surface area contributed by atoms with Crippen molar-refractivity contribution in [3.05, 3.63) is 59.1 Å². The number of rotatable bonds is 4. The van der Waals surface area contributed by atoms with Crippen molar-refractivity contribution in [3.63, 3.8) is 0 Å². The van der Waals surface area contributed by atoms with Gasteiger partial charge in [0.15, 0.2) is 0 Å². The number of carboxylic acid groups (broad SMARTS) is 1. The number of piperidine rings is 1. The number of carbonyl (C=O) groups excluding carboxylic acids is 1. The molecule has 2 aromatic carbocycles. The Morgan fingerprint density at radius 3 is 2.60 bits per heavy atom. The van der Waals surface area contributed by atoms with Gasteiger partial charge in [0.05, 0.1) is 5.92 Å². The van der Waals surface area contributed by atoms with Crippen LogP contribution in [0.4, 0.5) is 0 Å². The fraction of sp³-hybridized carbons (Fsp3) is 0.263. The fourth-order valence-electron chi connectivity index (χ4n) is 2.88. The summed E-state index contributed by atoms with van der Waals surface area (Å²) in [6, 6.07) is 13.8. The van der Waals surface area contributed by atoms with Gasteiger partial charge >= 0.3 is 5.97 Å². The molecular formula is C19H18ClNO4. The van der Waals surface area contributed by atoms with Gasteiger partial charge in [-0.2, -0.15) is 0 Å².